The van der Waals surface area contributed by atoms with Gasteiger partial charge in [-0.3, -0.25) is 25.0 Å². The Balaban J connectivity index is 1.93. The monoisotopic (exact) mass is 451 g/mol. The summed E-state index contributed by atoms with van der Waals surface area (Å²) in [6.07, 6.45) is 0. The number of methoxy groups -OCH3 is 1. The van der Waals surface area contributed by atoms with Crippen molar-refractivity contribution in [3.05, 3.63) is 91.2 Å². The van der Waals surface area contributed by atoms with Crippen molar-refractivity contribution >= 4 is 29.1 Å². The molecule has 1 aliphatic rings. The van der Waals surface area contributed by atoms with Crippen LogP contribution in [0.25, 0.3) is 0 Å². The van der Waals surface area contributed by atoms with Gasteiger partial charge in [0.15, 0.2) is 5.78 Å². The fourth-order valence-electron chi connectivity index (χ4n) is 3.39. The van der Waals surface area contributed by atoms with Crippen LogP contribution in [-0.4, -0.2) is 48.9 Å². The lowest BCUT2D eigenvalue weighted by molar-refractivity contribution is -0.385. The van der Waals surface area contributed by atoms with Gasteiger partial charge < -0.3 is 10.1 Å². The van der Waals surface area contributed by atoms with Gasteiger partial charge in [-0.15, -0.1) is 0 Å². The smallest absolute Gasteiger partial charge is 0.355 e. The van der Waals surface area contributed by atoms with E-state index in [1.807, 2.05) is 0 Å². The summed E-state index contributed by atoms with van der Waals surface area (Å²) in [4.78, 5) is 47.1. The number of benzene rings is 2. The molecule has 0 aliphatic carbocycles. The van der Waals surface area contributed by atoms with E-state index in [1.165, 1.54) is 47.1 Å². The van der Waals surface area contributed by atoms with Crippen LogP contribution in [0.3, 0.4) is 0 Å². The van der Waals surface area contributed by atoms with Gasteiger partial charge in [-0.1, -0.05) is 17.2 Å². The Hall–Kier alpha value is -5.01. The van der Waals surface area contributed by atoms with Crippen LogP contribution in [0.1, 0.15) is 22.0 Å². The zero-order valence-corrected chi connectivity index (χ0v) is 16.7. The fourth-order valence-corrected chi connectivity index (χ4v) is 3.39. The molecular weight excluding hydrogens is 438 g/mol. The third-order valence-electron chi connectivity index (χ3n) is 4.89. The number of carbonyl (C=O) groups excluding carboxylic acids is 2. The lowest BCUT2D eigenvalue weighted by atomic mass is 9.89. The first-order chi connectivity index (χ1) is 15.8. The van der Waals surface area contributed by atoms with Crippen LogP contribution in [0, 0.1) is 20.2 Å². The average molecular weight is 451 g/mol. The molecule has 0 bridgehead atoms. The van der Waals surface area contributed by atoms with Crippen LogP contribution in [0.2, 0.25) is 0 Å². The number of non-ortho nitro benzene ring substituents is 2. The number of nitrogens with one attached hydrogen (secondary N) is 1. The second-order valence-electron chi connectivity index (χ2n) is 6.74. The zero-order valence-electron chi connectivity index (χ0n) is 16.7. The maximum absolute atomic E-state index is 13.6. The van der Waals surface area contributed by atoms with Gasteiger partial charge in [0, 0.05) is 29.8 Å². The maximum Gasteiger partial charge on any atom is 0.355 e. The van der Waals surface area contributed by atoms with Crippen molar-refractivity contribution < 1.29 is 24.2 Å². The molecule has 0 saturated heterocycles. The number of fused-ring (bicyclic) bond motifs is 1. The van der Waals surface area contributed by atoms with Gasteiger partial charge in [-0.05, 0) is 28.1 Å². The van der Waals surface area contributed by atoms with Crippen molar-refractivity contribution in [1.82, 2.24) is 20.2 Å². The summed E-state index contributed by atoms with van der Waals surface area (Å²) < 4.78 is 6.03. The third-order valence-corrected chi connectivity index (χ3v) is 4.89. The second kappa shape index (κ2) is 8.26. The lowest BCUT2D eigenvalue weighted by Gasteiger charge is -2.28. The number of nitrogens with zero attached hydrogens (tertiary/aromatic N) is 6. The minimum Gasteiger partial charge on any atom is -0.464 e. The van der Waals surface area contributed by atoms with E-state index in [2.05, 4.69) is 20.8 Å². The summed E-state index contributed by atoms with van der Waals surface area (Å²) >= 11 is 0. The van der Waals surface area contributed by atoms with Crippen LogP contribution >= 0.6 is 0 Å². The highest BCUT2D eigenvalue weighted by atomic mass is 16.6. The van der Waals surface area contributed by atoms with E-state index in [-0.39, 0.29) is 34.2 Å². The molecule has 2 aromatic carbocycles. The van der Waals surface area contributed by atoms with Gasteiger partial charge in [0.05, 0.1) is 22.5 Å². The highest BCUT2D eigenvalue weighted by Gasteiger charge is 2.39. The van der Waals surface area contributed by atoms with E-state index in [9.17, 15) is 29.8 Å². The SMILES string of the molecule is COC(=O)C1=C(C(=O)c2cccc([N+](=O)[O-])c2)[C@@H](c2ccc([N+](=O)[O-])cc2)n2nnnc2N1. The molecule has 4 rings (SSSR count). The van der Waals surface area contributed by atoms with Crippen molar-refractivity contribution in [2.45, 2.75) is 6.04 Å². The van der Waals surface area contributed by atoms with Crippen LogP contribution in [0.15, 0.2) is 59.8 Å². The van der Waals surface area contributed by atoms with Crippen LogP contribution in [0.4, 0.5) is 17.3 Å². The number of rotatable bonds is 6. The number of allylic oxidation sites excluding steroid dienone is 1. The van der Waals surface area contributed by atoms with E-state index < -0.39 is 27.6 Å². The number of Topliss-reactive ketones (excluding diaryl/α,β-unsaturated/α-hetero) is 1. The van der Waals surface area contributed by atoms with Gasteiger partial charge in [0.1, 0.15) is 11.7 Å². The number of anilines is 1. The number of aromatic nitrogens is 4. The minimum absolute atomic E-state index is 0.0225. The highest BCUT2D eigenvalue weighted by Crippen LogP contribution is 2.37. The first-order valence-electron chi connectivity index (χ1n) is 9.22. The van der Waals surface area contributed by atoms with Gasteiger partial charge in [-0.25, -0.2) is 4.79 Å². The highest BCUT2D eigenvalue weighted by molar-refractivity contribution is 6.15. The summed E-state index contributed by atoms with van der Waals surface area (Å²) in [5.74, 6) is -1.60. The van der Waals surface area contributed by atoms with Gasteiger partial charge >= 0.3 is 5.97 Å². The maximum atomic E-state index is 13.6. The quantitative estimate of drug-likeness (QED) is 0.249. The average Bonchev–Trinajstić information content (AvgIpc) is 3.30. The van der Waals surface area contributed by atoms with E-state index in [4.69, 9.17) is 4.74 Å². The molecule has 1 atom stereocenters. The molecule has 14 heteroatoms. The molecule has 166 valence electrons. The van der Waals surface area contributed by atoms with Crippen molar-refractivity contribution in [2.24, 2.45) is 0 Å². The molecule has 3 aromatic rings. The summed E-state index contributed by atoms with van der Waals surface area (Å²) in [6, 6.07) is 9.17. The standard InChI is InChI=1S/C19H13N7O7/c1-33-18(28)15-14(17(27)11-3-2-4-13(9-11)26(31)32)16(24-19(20-15)21-22-23-24)10-5-7-12(8-6-10)25(29)30/h2-9,16H,1H3,(H,20,21,23)/t16-/m1/s1. The molecule has 14 nitrogen and oxygen atoms in total. The number of ether oxygens (including phenoxy) is 1. The molecule has 0 saturated carbocycles. The van der Waals surface area contributed by atoms with Gasteiger partial charge in [0.25, 0.3) is 11.4 Å². The van der Waals surface area contributed by atoms with E-state index in [0.29, 0.717) is 5.56 Å². The van der Waals surface area contributed by atoms with E-state index >= 15 is 0 Å². The Morgan fingerprint density at radius 2 is 1.76 bits per heavy atom. The number of esters is 1. The van der Waals surface area contributed by atoms with Gasteiger partial charge in [0.2, 0.25) is 5.95 Å². The minimum atomic E-state index is -1.09. The third kappa shape index (κ3) is 3.76. The topological polar surface area (TPSA) is 185 Å². The molecule has 0 spiro atoms. The molecule has 0 fully saturated rings. The predicted molar refractivity (Wildman–Crippen MR) is 109 cm³/mol. The van der Waals surface area contributed by atoms with Crippen molar-refractivity contribution in [3.8, 4) is 0 Å². The first kappa shape index (κ1) is 21.2. The number of hydrogen-bond donors (Lipinski definition) is 1. The van der Waals surface area contributed by atoms with Crippen LogP contribution in [0.5, 0.6) is 0 Å². The number of nitro benzene ring substituents is 2. The Kier molecular flexibility index (Phi) is 5.31. The Labute approximate surface area is 183 Å². The molecule has 33 heavy (non-hydrogen) atoms. The molecule has 2 heterocycles. The molecule has 1 aliphatic heterocycles. The number of tetrazole rings is 1. The van der Waals surface area contributed by atoms with Crippen LogP contribution in [-0.2, 0) is 9.53 Å². The summed E-state index contributed by atoms with van der Waals surface area (Å²) in [5.41, 5.74) is -0.638. The Bertz CT molecular complexity index is 1330. The summed E-state index contributed by atoms with van der Waals surface area (Å²) in [7, 11) is 1.12. The molecular formula is C19H13N7O7. The van der Waals surface area contributed by atoms with Crippen LogP contribution < -0.4 is 5.32 Å². The fraction of sp³-hybridized carbons (Fsp3) is 0.105. The second-order valence-corrected chi connectivity index (χ2v) is 6.74. The molecule has 1 N–H and O–H groups in total. The Morgan fingerprint density at radius 3 is 2.39 bits per heavy atom. The molecule has 1 aromatic heterocycles. The summed E-state index contributed by atoms with van der Waals surface area (Å²) in [5, 5.41) is 36.1. The van der Waals surface area contributed by atoms with Crippen molar-refractivity contribution in [3.63, 3.8) is 0 Å². The number of nitro groups is 2. The van der Waals surface area contributed by atoms with Crippen molar-refractivity contribution in [1.29, 1.82) is 0 Å². The Morgan fingerprint density at radius 1 is 1.06 bits per heavy atom. The number of carbonyl (C=O) groups is 2. The zero-order chi connectivity index (χ0) is 23.7. The molecule has 0 amide bonds. The van der Waals surface area contributed by atoms with Crippen molar-refractivity contribution in [2.75, 3.05) is 12.4 Å². The lowest BCUT2D eigenvalue weighted by Crippen LogP contribution is -2.33. The number of ketones is 1. The first-order valence-corrected chi connectivity index (χ1v) is 9.22. The normalized spacial score (nSPS) is 14.8. The van der Waals surface area contributed by atoms with E-state index in [1.54, 1.807) is 0 Å². The predicted octanol–water partition coefficient (Wildman–Crippen LogP) is 1.81. The summed E-state index contributed by atoms with van der Waals surface area (Å²) in [6.45, 7) is 0. The molecule has 0 unspecified atom stereocenters. The van der Waals surface area contributed by atoms with Gasteiger partial charge in [-0.2, -0.15) is 4.68 Å². The largest absolute Gasteiger partial charge is 0.464 e. The molecule has 0 radical (unpaired) electrons. The number of hydrogen-bond acceptors (Lipinski definition) is 11. The van der Waals surface area contributed by atoms with E-state index in [0.717, 1.165) is 13.2 Å².